The highest BCUT2D eigenvalue weighted by Crippen LogP contribution is 2.11. The molecule has 0 bridgehead atoms. The zero-order valence-corrected chi connectivity index (χ0v) is 10.4. The van der Waals surface area contributed by atoms with E-state index in [4.69, 9.17) is 0 Å². The molecule has 0 amide bonds. The molecule has 1 rings (SSSR count). The quantitative estimate of drug-likeness (QED) is 0.633. The third-order valence-electron chi connectivity index (χ3n) is 1.82. The molecule has 0 aromatic heterocycles. The van der Waals surface area contributed by atoms with Gasteiger partial charge in [-0.25, -0.2) is 0 Å². The Kier molecular flexibility index (Phi) is 4.68. The molecule has 10 heteroatoms. The SMILES string of the molecule is O=S(F)(F)=NCc1ccc(CN=S(=O)(F)F)cc1. The van der Waals surface area contributed by atoms with E-state index in [1.54, 1.807) is 0 Å². The molecule has 0 heterocycles. The van der Waals surface area contributed by atoms with Crippen LogP contribution in [0.25, 0.3) is 0 Å². The molecule has 0 N–H and O–H groups in total. The van der Waals surface area contributed by atoms with Gasteiger partial charge in [0.2, 0.25) is 0 Å². The summed E-state index contributed by atoms with van der Waals surface area (Å²) in [5.74, 6) is 0. The summed E-state index contributed by atoms with van der Waals surface area (Å²) in [4.78, 5) is 0. The van der Waals surface area contributed by atoms with E-state index in [2.05, 4.69) is 8.73 Å². The topological polar surface area (TPSA) is 58.9 Å². The van der Waals surface area contributed by atoms with Crippen LogP contribution in [0.4, 0.5) is 15.5 Å². The summed E-state index contributed by atoms with van der Waals surface area (Å²) in [6.07, 6.45) is 0. The van der Waals surface area contributed by atoms with Crippen LogP contribution >= 0.6 is 0 Å². The molecule has 4 nitrogen and oxygen atoms in total. The first kappa shape index (κ1) is 14.9. The molecule has 102 valence electrons. The highest BCUT2D eigenvalue weighted by atomic mass is 32.3. The smallest absolute Gasteiger partial charge is 0.180 e. The van der Waals surface area contributed by atoms with E-state index in [-0.39, 0.29) is 0 Å². The summed E-state index contributed by atoms with van der Waals surface area (Å²) in [5, 5.41) is 0. The van der Waals surface area contributed by atoms with Gasteiger partial charge in [-0.15, -0.1) is 0 Å². The normalized spacial score (nSPS) is 12.2. The minimum Gasteiger partial charge on any atom is -0.180 e. The standard InChI is InChI=1S/C8H8F4N2O2S2/c9-17(10,15)13-5-7-1-2-8(4-3-7)6-14-18(11,12)16/h1-4H,5-6H2. The lowest BCUT2D eigenvalue weighted by molar-refractivity contribution is 0.581. The number of nitrogens with zero attached hydrogens (tertiary/aromatic N) is 2. The van der Waals surface area contributed by atoms with Gasteiger partial charge in [0.05, 0.1) is 13.1 Å². The molecule has 1 aromatic carbocycles. The summed E-state index contributed by atoms with van der Waals surface area (Å²) in [6.45, 7) is -0.877. The highest BCUT2D eigenvalue weighted by molar-refractivity contribution is 7.83. The Morgan fingerprint density at radius 1 is 0.778 bits per heavy atom. The molecule has 0 saturated heterocycles. The van der Waals surface area contributed by atoms with Gasteiger partial charge >= 0.3 is 21.0 Å². The van der Waals surface area contributed by atoms with Crippen molar-refractivity contribution in [1.82, 2.24) is 0 Å². The number of rotatable bonds is 4. The molecule has 0 aliphatic heterocycles. The molecule has 18 heavy (non-hydrogen) atoms. The van der Waals surface area contributed by atoms with Crippen molar-refractivity contribution in [3.05, 3.63) is 35.4 Å². The minimum absolute atomic E-state index is 0.350. The van der Waals surface area contributed by atoms with Crippen molar-refractivity contribution in [3.63, 3.8) is 0 Å². The second kappa shape index (κ2) is 5.65. The Morgan fingerprint density at radius 3 is 1.28 bits per heavy atom. The third kappa shape index (κ3) is 6.55. The Morgan fingerprint density at radius 2 is 1.06 bits per heavy atom. The van der Waals surface area contributed by atoms with Crippen molar-refractivity contribution in [3.8, 4) is 0 Å². The first-order chi connectivity index (χ1) is 8.16. The summed E-state index contributed by atoms with van der Waals surface area (Å²) >= 11 is 0. The van der Waals surface area contributed by atoms with Crippen LogP contribution < -0.4 is 0 Å². The monoisotopic (exact) mass is 304 g/mol. The number of hydrogen-bond acceptors (Lipinski definition) is 4. The molecule has 0 radical (unpaired) electrons. The van der Waals surface area contributed by atoms with Crippen LogP contribution in [0.15, 0.2) is 33.0 Å². The van der Waals surface area contributed by atoms with E-state index < -0.39 is 34.1 Å². The van der Waals surface area contributed by atoms with Crippen molar-refractivity contribution in [1.29, 1.82) is 0 Å². The summed E-state index contributed by atoms with van der Waals surface area (Å²) in [6, 6.07) is 5.44. The van der Waals surface area contributed by atoms with Gasteiger partial charge < -0.3 is 0 Å². The largest absolute Gasteiger partial charge is 0.367 e. The van der Waals surface area contributed by atoms with Gasteiger partial charge in [-0.1, -0.05) is 39.8 Å². The molecular formula is C8H8F4N2O2S2. The Hall–Kier alpha value is -1.16. The maximum Gasteiger partial charge on any atom is 0.367 e. The van der Waals surface area contributed by atoms with E-state index in [1.165, 1.54) is 24.3 Å². The van der Waals surface area contributed by atoms with Crippen LogP contribution in [0, 0.1) is 0 Å². The molecule has 1 aromatic rings. The van der Waals surface area contributed by atoms with Crippen molar-refractivity contribution in [2.24, 2.45) is 8.73 Å². The summed E-state index contributed by atoms with van der Waals surface area (Å²) in [5.41, 5.74) is 0.700. The maximum absolute atomic E-state index is 12.0. The van der Waals surface area contributed by atoms with Crippen LogP contribution in [-0.2, 0) is 34.1 Å². The van der Waals surface area contributed by atoms with Gasteiger partial charge in [-0.3, -0.25) is 0 Å². The minimum atomic E-state index is -5.14. The zero-order chi connectivity index (χ0) is 13.8. The van der Waals surface area contributed by atoms with Gasteiger partial charge in [0.1, 0.15) is 0 Å². The fourth-order valence-corrected chi connectivity index (χ4v) is 1.65. The molecular weight excluding hydrogens is 296 g/mol. The van der Waals surface area contributed by atoms with E-state index >= 15 is 0 Å². The van der Waals surface area contributed by atoms with Crippen LogP contribution in [0.5, 0.6) is 0 Å². The number of hydrogen-bond donors (Lipinski definition) is 0. The van der Waals surface area contributed by atoms with Gasteiger partial charge in [0.25, 0.3) is 0 Å². The molecule has 0 unspecified atom stereocenters. The summed E-state index contributed by atoms with van der Waals surface area (Å²) < 4.78 is 73.2. The van der Waals surface area contributed by atoms with Gasteiger partial charge in [-0.05, 0) is 11.1 Å². The number of halogens is 4. The zero-order valence-electron chi connectivity index (χ0n) is 8.76. The van der Waals surface area contributed by atoms with Crippen molar-refractivity contribution in [2.75, 3.05) is 0 Å². The Labute approximate surface area is 103 Å². The first-order valence-electron chi connectivity index (χ1n) is 4.48. The van der Waals surface area contributed by atoms with E-state index in [0.29, 0.717) is 11.1 Å². The fraction of sp³-hybridized carbons (Fsp3) is 0.250. The lowest BCUT2D eigenvalue weighted by Gasteiger charge is -1.99. The second-order valence-corrected chi connectivity index (χ2v) is 5.29. The van der Waals surface area contributed by atoms with Crippen molar-refractivity contribution in [2.45, 2.75) is 13.1 Å². The van der Waals surface area contributed by atoms with Crippen LogP contribution in [0.2, 0.25) is 0 Å². The predicted molar refractivity (Wildman–Crippen MR) is 59.4 cm³/mol. The molecule has 0 aliphatic carbocycles. The molecule has 0 atom stereocenters. The van der Waals surface area contributed by atoms with E-state index in [1.807, 2.05) is 0 Å². The fourth-order valence-electron chi connectivity index (χ4n) is 1.05. The van der Waals surface area contributed by atoms with Gasteiger partial charge in [0.15, 0.2) is 0 Å². The predicted octanol–water partition coefficient (Wildman–Crippen LogP) is 3.16. The first-order valence-corrected chi connectivity index (χ1v) is 7.11. The average Bonchev–Trinajstić information content (AvgIpc) is 2.23. The Balaban J connectivity index is 2.76. The highest BCUT2D eigenvalue weighted by Gasteiger charge is 2.02. The molecule has 0 aliphatic rings. The maximum atomic E-state index is 12.0. The summed E-state index contributed by atoms with van der Waals surface area (Å²) in [7, 11) is -10.3. The van der Waals surface area contributed by atoms with Gasteiger partial charge in [-0.2, -0.15) is 17.1 Å². The second-order valence-electron chi connectivity index (χ2n) is 3.18. The van der Waals surface area contributed by atoms with E-state index in [9.17, 15) is 24.0 Å². The van der Waals surface area contributed by atoms with E-state index in [0.717, 1.165) is 0 Å². The lowest BCUT2D eigenvalue weighted by Crippen LogP contribution is -1.88. The Bertz CT molecular complexity index is 571. The van der Waals surface area contributed by atoms with Crippen LogP contribution in [0.1, 0.15) is 11.1 Å². The molecule has 0 saturated carbocycles. The third-order valence-corrected chi connectivity index (χ3v) is 2.68. The van der Waals surface area contributed by atoms with Gasteiger partial charge in [0, 0.05) is 0 Å². The van der Waals surface area contributed by atoms with Crippen LogP contribution in [0.3, 0.4) is 0 Å². The average molecular weight is 304 g/mol. The lowest BCUT2D eigenvalue weighted by atomic mass is 10.1. The van der Waals surface area contributed by atoms with Crippen molar-refractivity contribution >= 4 is 21.0 Å². The molecule has 0 fully saturated rings. The van der Waals surface area contributed by atoms with Crippen LogP contribution in [-0.4, -0.2) is 8.42 Å². The molecule has 0 spiro atoms. The van der Waals surface area contributed by atoms with Crippen molar-refractivity contribution < 1.29 is 24.0 Å². The number of benzene rings is 1.